The minimum absolute atomic E-state index is 0.0762. The molecule has 0 amide bonds. The monoisotopic (exact) mass is 378 g/mol. The Balaban J connectivity index is 0.000000659. The predicted molar refractivity (Wildman–Crippen MR) is 109 cm³/mol. The van der Waals surface area contributed by atoms with Crippen molar-refractivity contribution in [1.82, 2.24) is 0 Å². The summed E-state index contributed by atoms with van der Waals surface area (Å²) in [6, 6.07) is 21.4. The molecule has 140 valence electrons. The molecule has 0 aliphatic heterocycles. The van der Waals surface area contributed by atoms with Crippen molar-refractivity contribution in [3.63, 3.8) is 0 Å². The van der Waals surface area contributed by atoms with Crippen LogP contribution >= 0.6 is 0 Å². The van der Waals surface area contributed by atoms with Crippen molar-refractivity contribution in [2.75, 3.05) is 14.1 Å². The minimum Gasteiger partial charge on any atom is -0.696 e. The van der Waals surface area contributed by atoms with Gasteiger partial charge in [0.05, 0.1) is 20.5 Å². The van der Waals surface area contributed by atoms with Crippen LogP contribution in [0.4, 0.5) is 0 Å². The molecule has 3 aliphatic rings. The molecule has 0 heterocycles. The Kier molecular flexibility index (Phi) is 5.94. The van der Waals surface area contributed by atoms with E-state index in [0.29, 0.717) is 17.6 Å². The SMILES string of the molecule is C[NH+](C)C12CC(=O)C([C@H](c3ccccc3)C1)[C@H](c1ccccc1)C2.N#C[S-]. The molecule has 3 nitrogen and oxygen atoms in total. The molecule has 4 heteroatoms. The molecular weight excluding hydrogens is 352 g/mol. The summed E-state index contributed by atoms with van der Waals surface area (Å²) in [7, 11) is 4.45. The van der Waals surface area contributed by atoms with E-state index in [2.05, 4.69) is 87.4 Å². The average molecular weight is 379 g/mol. The molecule has 3 saturated carbocycles. The number of ketones is 1. The number of hydrogen-bond donors (Lipinski definition) is 1. The third-order valence-electron chi connectivity index (χ3n) is 6.49. The van der Waals surface area contributed by atoms with E-state index >= 15 is 0 Å². The maximum atomic E-state index is 13.1. The maximum absolute atomic E-state index is 13.1. The van der Waals surface area contributed by atoms with Crippen molar-refractivity contribution >= 4 is 18.4 Å². The molecule has 27 heavy (non-hydrogen) atoms. The van der Waals surface area contributed by atoms with E-state index in [9.17, 15) is 4.79 Å². The van der Waals surface area contributed by atoms with Crippen LogP contribution in [0.3, 0.4) is 0 Å². The third-order valence-corrected chi connectivity index (χ3v) is 6.49. The fourth-order valence-corrected chi connectivity index (χ4v) is 5.14. The van der Waals surface area contributed by atoms with Gasteiger partial charge in [-0.25, -0.2) is 5.26 Å². The quantitative estimate of drug-likeness (QED) is 0.660. The van der Waals surface area contributed by atoms with Crippen molar-refractivity contribution in [1.29, 1.82) is 5.26 Å². The van der Waals surface area contributed by atoms with E-state index in [0.717, 1.165) is 19.3 Å². The van der Waals surface area contributed by atoms with Crippen LogP contribution in [0, 0.1) is 16.6 Å². The van der Waals surface area contributed by atoms with Crippen LogP contribution in [-0.2, 0) is 17.4 Å². The van der Waals surface area contributed by atoms with Gasteiger partial charge in [0.25, 0.3) is 0 Å². The standard InChI is InChI=1S/C22H25NO.CHNS/c1-23(2)22-13-18(16-9-5-3-6-10-16)21(20(24)15-22)19(14-22)17-11-7-4-8-12-17;2-1-3/h3-12,18-19,21H,13-15H2,1-2H3;3H/t18-,19-,21?,22?;/m0./s1. The van der Waals surface area contributed by atoms with Crippen LogP contribution in [0.15, 0.2) is 60.7 Å². The lowest BCUT2D eigenvalue weighted by Gasteiger charge is -2.54. The molecule has 3 fully saturated rings. The lowest BCUT2D eigenvalue weighted by molar-refractivity contribution is -0.918. The van der Waals surface area contributed by atoms with Gasteiger partial charge in [0.2, 0.25) is 0 Å². The van der Waals surface area contributed by atoms with Crippen molar-refractivity contribution in [3.05, 3.63) is 71.8 Å². The lowest BCUT2D eigenvalue weighted by Crippen LogP contribution is -3.16. The van der Waals surface area contributed by atoms with Crippen molar-refractivity contribution in [2.24, 2.45) is 5.92 Å². The zero-order valence-electron chi connectivity index (χ0n) is 15.9. The van der Waals surface area contributed by atoms with Gasteiger partial charge in [-0.2, -0.15) is 0 Å². The fourth-order valence-electron chi connectivity index (χ4n) is 5.14. The highest BCUT2D eigenvalue weighted by Gasteiger charge is 2.58. The van der Waals surface area contributed by atoms with Crippen LogP contribution in [0.25, 0.3) is 0 Å². The van der Waals surface area contributed by atoms with E-state index in [1.165, 1.54) is 21.4 Å². The second kappa shape index (κ2) is 8.21. The van der Waals surface area contributed by atoms with E-state index in [4.69, 9.17) is 5.26 Å². The number of nitrogens with zero attached hydrogens (tertiary/aromatic N) is 1. The van der Waals surface area contributed by atoms with Crippen LogP contribution in [0.2, 0.25) is 0 Å². The lowest BCUT2D eigenvalue weighted by atomic mass is 9.52. The van der Waals surface area contributed by atoms with Gasteiger partial charge in [0.1, 0.15) is 11.3 Å². The molecule has 2 atom stereocenters. The number of thiocyanates is 1. The normalized spacial score (nSPS) is 29.0. The van der Waals surface area contributed by atoms with Gasteiger partial charge in [0.15, 0.2) is 0 Å². The number of quaternary nitrogens is 1. The molecule has 0 saturated heterocycles. The predicted octanol–water partition coefficient (Wildman–Crippen LogP) is 2.83. The second-order valence-electron chi connectivity index (χ2n) is 7.98. The first kappa shape index (κ1) is 19.5. The number of nitrogens with one attached hydrogen (secondary N) is 1. The van der Waals surface area contributed by atoms with E-state index in [1.54, 1.807) is 0 Å². The van der Waals surface area contributed by atoms with Gasteiger partial charge < -0.3 is 17.5 Å². The number of fused-ring (bicyclic) bond motifs is 3. The van der Waals surface area contributed by atoms with Gasteiger partial charge in [-0.05, 0) is 11.1 Å². The Hall–Kier alpha value is -2.22. The Morgan fingerprint density at radius 3 is 1.74 bits per heavy atom. The van der Waals surface area contributed by atoms with Gasteiger partial charge in [-0.15, -0.1) is 0 Å². The first-order valence-electron chi connectivity index (χ1n) is 9.47. The number of hydrogen-bond acceptors (Lipinski definition) is 3. The largest absolute Gasteiger partial charge is 0.696 e. The molecule has 0 radical (unpaired) electrons. The summed E-state index contributed by atoms with van der Waals surface area (Å²) in [6.07, 6.45) is 2.99. The van der Waals surface area contributed by atoms with Gasteiger partial charge >= 0.3 is 0 Å². The highest BCUT2D eigenvalue weighted by molar-refractivity contribution is 7.64. The molecule has 0 aromatic heterocycles. The molecule has 0 unspecified atom stereocenters. The van der Waals surface area contributed by atoms with Gasteiger partial charge in [0, 0.05) is 30.6 Å². The molecule has 2 bridgehead atoms. The van der Waals surface area contributed by atoms with Gasteiger partial charge in [-0.3, -0.25) is 4.79 Å². The summed E-state index contributed by atoms with van der Waals surface area (Å²) in [5.41, 5.74) is 2.75. The Labute approximate surface area is 167 Å². The zero-order valence-corrected chi connectivity index (χ0v) is 16.7. The first-order valence-corrected chi connectivity index (χ1v) is 9.87. The van der Waals surface area contributed by atoms with Crippen LogP contribution in [0.1, 0.15) is 42.2 Å². The summed E-state index contributed by atoms with van der Waals surface area (Å²) in [5, 5.41) is 8.47. The molecule has 1 N–H and O–H groups in total. The minimum atomic E-state index is 0.0762. The Morgan fingerprint density at radius 2 is 1.37 bits per heavy atom. The molecule has 2 aromatic carbocycles. The second-order valence-corrected chi connectivity index (χ2v) is 8.17. The number of rotatable bonds is 3. The first-order chi connectivity index (χ1) is 13.0. The zero-order chi connectivity index (χ0) is 19.4. The molecule has 3 aliphatic carbocycles. The third kappa shape index (κ3) is 3.76. The van der Waals surface area contributed by atoms with E-state index in [1.807, 2.05) is 0 Å². The Morgan fingerprint density at radius 1 is 0.963 bits per heavy atom. The maximum Gasteiger partial charge on any atom is 0.143 e. The van der Waals surface area contributed by atoms with Crippen LogP contribution in [-0.4, -0.2) is 25.4 Å². The van der Waals surface area contributed by atoms with Crippen LogP contribution in [0.5, 0.6) is 0 Å². The summed E-state index contributed by atoms with van der Waals surface area (Å²) >= 11 is 3.70. The van der Waals surface area contributed by atoms with Crippen molar-refractivity contribution < 1.29 is 9.69 Å². The number of Topliss-reactive ketones (excluding diaryl/α,β-unsaturated/α-hetero) is 1. The molecular formula is C23H26N2OS. The number of carbonyl (C=O) groups excluding carboxylic acids is 1. The van der Waals surface area contributed by atoms with Crippen molar-refractivity contribution in [3.8, 4) is 5.40 Å². The summed E-state index contributed by atoms with van der Waals surface area (Å²) < 4.78 is 0. The van der Waals surface area contributed by atoms with E-state index in [-0.39, 0.29) is 11.5 Å². The molecule has 5 rings (SSSR count). The summed E-state index contributed by atoms with van der Waals surface area (Å²) in [6.45, 7) is 0. The molecule has 2 aromatic rings. The Bertz CT molecular complexity index is 764. The van der Waals surface area contributed by atoms with Crippen molar-refractivity contribution in [2.45, 2.75) is 36.6 Å². The average Bonchev–Trinajstić information content (AvgIpc) is 2.69. The van der Waals surface area contributed by atoms with Gasteiger partial charge in [-0.1, -0.05) is 66.1 Å². The summed E-state index contributed by atoms with van der Waals surface area (Å²) in [5.74, 6) is 1.30. The van der Waals surface area contributed by atoms with Crippen LogP contribution < -0.4 is 4.90 Å². The fraction of sp³-hybridized carbons (Fsp3) is 0.391. The number of benzene rings is 2. The highest BCUT2D eigenvalue weighted by Crippen LogP contribution is 2.55. The highest BCUT2D eigenvalue weighted by atomic mass is 32.1. The smallest absolute Gasteiger partial charge is 0.143 e. The molecule has 0 spiro atoms. The van der Waals surface area contributed by atoms with E-state index < -0.39 is 0 Å². The number of carbonyl (C=O) groups is 1. The number of nitriles is 1. The topological polar surface area (TPSA) is 45.3 Å². The summed E-state index contributed by atoms with van der Waals surface area (Å²) in [4.78, 5) is 14.5.